The summed E-state index contributed by atoms with van der Waals surface area (Å²) in [6, 6.07) is -1.24. The van der Waals surface area contributed by atoms with E-state index in [-0.39, 0.29) is 19.4 Å². The van der Waals surface area contributed by atoms with Gasteiger partial charge >= 0.3 is 18.0 Å². The molecule has 0 bridgehead atoms. The fraction of sp³-hybridized carbons (Fsp3) is 0.769. The first-order valence-electron chi connectivity index (χ1n) is 6.85. The Morgan fingerprint density at radius 2 is 1.75 bits per heavy atom. The number of carboxylic acid groups (broad SMARTS) is 2. The SMILES string of the molecule is CCCCCCCOC(=O)NC(CCC(=O)O)C(=O)O. The fourth-order valence-electron chi connectivity index (χ4n) is 1.58. The Hall–Kier alpha value is -1.79. The fourth-order valence-corrected chi connectivity index (χ4v) is 1.58. The van der Waals surface area contributed by atoms with Crippen molar-refractivity contribution in [2.24, 2.45) is 0 Å². The van der Waals surface area contributed by atoms with Crippen LogP contribution in [0.25, 0.3) is 0 Å². The van der Waals surface area contributed by atoms with E-state index in [1.165, 1.54) is 0 Å². The van der Waals surface area contributed by atoms with Gasteiger partial charge in [0.15, 0.2) is 0 Å². The summed E-state index contributed by atoms with van der Waals surface area (Å²) in [5.41, 5.74) is 0. The minimum atomic E-state index is -1.27. The van der Waals surface area contributed by atoms with Crippen LogP contribution in [0, 0.1) is 0 Å². The number of rotatable bonds is 11. The van der Waals surface area contributed by atoms with Crippen LogP contribution >= 0.6 is 0 Å². The van der Waals surface area contributed by atoms with Crippen LogP contribution in [0.3, 0.4) is 0 Å². The molecule has 0 aliphatic carbocycles. The second-order valence-electron chi connectivity index (χ2n) is 4.52. The van der Waals surface area contributed by atoms with Gasteiger partial charge in [-0.3, -0.25) is 4.79 Å². The van der Waals surface area contributed by atoms with Gasteiger partial charge < -0.3 is 20.3 Å². The molecule has 116 valence electrons. The molecule has 7 heteroatoms. The molecule has 0 rings (SSSR count). The van der Waals surface area contributed by atoms with Crippen LogP contribution in [0.4, 0.5) is 4.79 Å². The van der Waals surface area contributed by atoms with E-state index < -0.39 is 24.1 Å². The molecule has 0 saturated heterocycles. The maximum atomic E-state index is 11.3. The molecule has 1 atom stereocenters. The first-order chi connectivity index (χ1) is 9.47. The molecule has 1 amide bonds. The number of hydrogen-bond acceptors (Lipinski definition) is 4. The smallest absolute Gasteiger partial charge is 0.407 e. The molecule has 0 aliphatic rings. The summed E-state index contributed by atoms with van der Waals surface area (Å²) in [5.74, 6) is -2.38. The number of carboxylic acids is 2. The van der Waals surface area contributed by atoms with Crippen LogP contribution in [0.2, 0.25) is 0 Å². The normalized spacial score (nSPS) is 11.7. The van der Waals surface area contributed by atoms with E-state index in [4.69, 9.17) is 14.9 Å². The molecule has 0 saturated carbocycles. The molecular weight excluding hydrogens is 266 g/mol. The van der Waals surface area contributed by atoms with Gasteiger partial charge in [-0.15, -0.1) is 0 Å². The van der Waals surface area contributed by atoms with Crippen LogP contribution in [-0.4, -0.2) is 40.9 Å². The first-order valence-corrected chi connectivity index (χ1v) is 6.85. The summed E-state index contributed by atoms with van der Waals surface area (Å²) in [7, 11) is 0. The number of hydrogen-bond donors (Lipinski definition) is 3. The molecule has 0 aromatic heterocycles. The minimum Gasteiger partial charge on any atom is -0.481 e. The average molecular weight is 289 g/mol. The van der Waals surface area contributed by atoms with E-state index in [0.717, 1.165) is 32.1 Å². The third kappa shape index (κ3) is 10.2. The summed E-state index contributed by atoms with van der Waals surface area (Å²) in [6.45, 7) is 2.34. The van der Waals surface area contributed by atoms with Gasteiger partial charge in [-0.05, 0) is 12.8 Å². The van der Waals surface area contributed by atoms with E-state index in [9.17, 15) is 14.4 Å². The maximum absolute atomic E-state index is 11.3. The highest BCUT2D eigenvalue weighted by molar-refractivity contribution is 5.80. The lowest BCUT2D eigenvalue weighted by Gasteiger charge is -2.13. The Kier molecular flexibility index (Phi) is 10.1. The molecule has 0 spiro atoms. The third-order valence-corrected chi connectivity index (χ3v) is 2.72. The van der Waals surface area contributed by atoms with Crippen LogP contribution in [0.5, 0.6) is 0 Å². The van der Waals surface area contributed by atoms with Crippen LogP contribution < -0.4 is 5.32 Å². The highest BCUT2D eigenvalue weighted by Crippen LogP contribution is 2.03. The van der Waals surface area contributed by atoms with Gasteiger partial charge in [-0.2, -0.15) is 0 Å². The standard InChI is InChI=1S/C13H23NO6/c1-2-3-4-5-6-9-20-13(19)14-10(12(17)18)7-8-11(15)16/h10H,2-9H2,1H3,(H,14,19)(H,15,16)(H,17,18). The lowest BCUT2D eigenvalue weighted by Crippen LogP contribution is -2.41. The molecule has 3 N–H and O–H groups in total. The highest BCUT2D eigenvalue weighted by atomic mass is 16.5. The molecule has 7 nitrogen and oxygen atoms in total. The lowest BCUT2D eigenvalue weighted by atomic mass is 10.1. The lowest BCUT2D eigenvalue weighted by molar-refractivity contribution is -0.140. The maximum Gasteiger partial charge on any atom is 0.407 e. The van der Waals surface area contributed by atoms with Crippen molar-refractivity contribution in [3.05, 3.63) is 0 Å². The number of unbranched alkanes of at least 4 members (excludes halogenated alkanes) is 4. The average Bonchev–Trinajstić information content (AvgIpc) is 2.38. The molecule has 0 heterocycles. The Balaban J connectivity index is 3.84. The summed E-state index contributed by atoms with van der Waals surface area (Å²) in [5, 5.41) is 19.5. The predicted molar refractivity (Wildman–Crippen MR) is 71.5 cm³/mol. The van der Waals surface area contributed by atoms with E-state index in [1.807, 2.05) is 0 Å². The highest BCUT2D eigenvalue weighted by Gasteiger charge is 2.21. The molecule has 0 aromatic rings. The van der Waals surface area contributed by atoms with Crippen LogP contribution in [0.15, 0.2) is 0 Å². The Morgan fingerprint density at radius 1 is 1.10 bits per heavy atom. The summed E-state index contributed by atoms with van der Waals surface area (Å²) in [6.07, 6.45) is 3.73. The van der Waals surface area contributed by atoms with Gasteiger partial charge in [0.1, 0.15) is 6.04 Å². The van der Waals surface area contributed by atoms with Gasteiger partial charge in [0, 0.05) is 6.42 Å². The minimum absolute atomic E-state index is 0.170. The molecule has 0 radical (unpaired) electrons. The van der Waals surface area contributed by atoms with Crippen molar-refractivity contribution in [3.8, 4) is 0 Å². The summed E-state index contributed by atoms with van der Waals surface area (Å²) in [4.78, 5) is 32.6. The summed E-state index contributed by atoms with van der Waals surface area (Å²) < 4.78 is 4.85. The number of amides is 1. The van der Waals surface area contributed by atoms with Gasteiger partial charge in [-0.25, -0.2) is 9.59 Å². The zero-order valence-electron chi connectivity index (χ0n) is 11.8. The van der Waals surface area contributed by atoms with Crippen molar-refractivity contribution >= 4 is 18.0 Å². The second kappa shape index (κ2) is 11.1. The zero-order valence-corrected chi connectivity index (χ0v) is 11.8. The quantitative estimate of drug-likeness (QED) is 0.501. The molecule has 0 fully saturated rings. The first kappa shape index (κ1) is 18.2. The molecule has 20 heavy (non-hydrogen) atoms. The monoisotopic (exact) mass is 289 g/mol. The van der Waals surface area contributed by atoms with Gasteiger partial charge in [-0.1, -0.05) is 32.6 Å². The molecule has 0 aliphatic heterocycles. The molecule has 1 unspecified atom stereocenters. The summed E-state index contributed by atoms with van der Waals surface area (Å²) >= 11 is 0. The van der Waals surface area contributed by atoms with Crippen molar-refractivity contribution in [2.45, 2.75) is 57.9 Å². The second-order valence-corrected chi connectivity index (χ2v) is 4.52. The van der Waals surface area contributed by atoms with E-state index in [1.54, 1.807) is 0 Å². The van der Waals surface area contributed by atoms with Gasteiger partial charge in [0.2, 0.25) is 0 Å². The van der Waals surface area contributed by atoms with Crippen molar-refractivity contribution in [1.29, 1.82) is 0 Å². The number of carbonyl (C=O) groups excluding carboxylic acids is 1. The van der Waals surface area contributed by atoms with Gasteiger partial charge in [0.05, 0.1) is 6.61 Å². The molecule has 0 aromatic carbocycles. The zero-order chi connectivity index (χ0) is 15.4. The van der Waals surface area contributed by atoms with Crippen molar-refractivity contribution in [1.82, 2.24) is 5.32 Å². The van der Waals surface area contributed by atoms with E-state index in [2.05, 4.69) is 12.2 Å². The number of aliphatic carboxylic acids is 2. The Bertz CT molecular complexity index is 318. The van der Waals surface area contributed by atoms with Gasteiger partial charge in [0.25, 0.3) is 0 Å². The predicted octanol–water partition coefficient (Wildman–Crippen LogP) is 2.00. The van der Waals surface area contributed by atoms with E-state index >= 15 is 0 Å². The van der Waals surface area contributed by atoms with Crippen molar-refractivity contribution in [3.63, 3.8) is 0 Å². The van der Waals surface area contributed by atoms with Crippen molar-refractivity contribution in [2.75, 3.05) is 6.61 Å². The topological polar surface area (TPSA) is 113 Å². The number of carbonyl (C=O) groups is 3. The largest absolute Gasteiger partial charge is 0.481 e. The number of ether oxygens (including phenoxy) is 1. The van der Waals surface area contributed by atoms with Crippen molar-refractivity contribution < 1.29 is 29.3 Å². The third-order valence-electron chi connectivity index (χ3n) is 2.72. The van der Waals surface area contributed by atoms with E-state index in [0.29, 0.717) is 0 Å². The van der Waals surface area contributed by atoms with Crippen LogP contribution in [0.1, 0.15) is 51.9 Å². The van der Waals surface area contributed by atoms with Crippen LogP contribution in [-0.2, 0) is 14.3 Å². The number of nitrogens with one attached hydrogen (secondary N) is 1. The number of alkyl carbamates (subject to hydrolysis) is 1. The Morgan fingerprint density at radius 3 is 2.30 bits per heavy atom. The Labute approximate surface area is 118 Å². The molecular formula is C13H23NO6.